The highest BCUT2D eigenvalue weighted by molar-refractivity contribution is 5.96. The molecule has 2 atom stereocenters. The Morgan fingerprint density at radius 3 is 2.25 bits per heavy atom. The molecule has 4 N–H and O–H groups in total. The molecule has 15 heteroatoms. The molecule has 0 aliphatic heterocycles. The average molecular weight is 770 g/mol. The van der Waals surface area contributed by atoms with E-state index in [1.165, 1.54) is 0 Å². The van der Waals surface area contributed by atoms with Crippen molar-refractivity contribution in [2.24, 2.45) is 5.11 Å². The van der Waals surface area contributed by atoms with Crippen molar-refractivity contribution in [3.63, 3.8) is 0 Å². The number of benzene rings is 3. The highest BCUT2D eigenvalue weighted by Gasteiger charge is 2.26. The second-order valence-electron chi connectivity index (χ2n) is 12.9. The normalized spacial score (nSPS) is 12.0. The lowest BCUT2D eigenvalue weighted by Gasteiger charge is -2.23. The number of nitrogens with zero attached hydrogens (tertiary/aromatic N) is 4. The number of rotatable bonds is 27. The van der Waals surface area contributed by atoms with E-state index in [0.29, 0.717) is 58.0 Å². The zero-order valence-corrected chi connectivity index (χ0v) is 31.7. The minimum atomic E-state index is -1.08. The minimum absolute atomic E-state index is 0.148. The lowest BCUT2D eigenvalue weighted by atomic mass is 9.95. The Bertz CT molecular complexity index is 1870. The van der Waals surface area contributed by atoms with Crippen LogP contribution in [0.5, 0.6) is 0 Å². The smallest absolute Gasteiger partial charge is 0.305 e. The van der Waals surface area contributed by atoms with Gasteiger partial charge in [-0.05, 0) is 70.5 Å². The summed E-state index contributed by atoms with van der Waals surface area (Å²) in [6.07, 6.45) is 2.84. The number of amides is 2. The number of aryl methyl sites for hydroxylation is 1. The maximum atomic E-state index is 13.7. The van der Waals surface area contributed by atoms with Gasteiger partial charge in [0, 0.05) is 30.6 Å². The van der Waals surface area contributed by atoms with Gasteiger partial charge < -0.3 is 40.0 Å². The van der Waals surface area contributed by atoms with Crippen LogP contribution >= 0.6 is 0 Å². The number of carbonyl (C=O) groups is 3. The van der Waals surface area contributed by atoms with Gasteiger partial charge in [-0.1, -0.05) is 71.8 Å². The van der Waals surface area contributed by atoms with Gasteiger partial charge in [-0.3, -0.25) is 14.4 Å². The Balaban J connectivity index is 1.31. The fourth-order valence-electron chi connectivity index (χ4n) is 5.79. The fourth-order valence-corrected chi connectivity index (χ4v) is 5.79. The molecule has 0 saturated carbocycles. The summed E-state index contributed by atoms with van der Waals surface area (Å²) >= 11 is 0. The average Bonchev–Trinajstić information content (AvgIpc) is 3.20. The summed E-state index contributed by atoms with van der Waals surface area (Å²) in [7, 11) is 0. The van der Waals surface area contributed by atoms with E-state index in [4.69, 9.17) is 24.5 Å². The molecule has 0 fully saturated rings. The Hall–Kier alpha value is -5.57. The third kappa shape index (κ3) is 15.7. The van der Waals surface area contributed by atoms with Crippen molar-refractivity contribution in [3.8, 4) is 11.1 Å². The van der Waals surface area contributed by atoms with E-state index in [1.807, 2.05) is 79.7 Å². The van der Waals surface area contributed by atoms with E-state index in [9.17, 15) is 19.5 Å². The first-order valence-electron chi connectivity index (χ1n) is 18.7. The topological polar surface area (TPSA) is 206 Å². The molecule has 56 heavy (non-hydrogen) atoms. The van der Waals surface area contributed by atoms with E-state index in [0.717, 1.165) is 33.3 Å². The monoisotopic (exact) mass is 769 g/mol. The number of hydrogen-bond donors (Lipinski definition) is 4. The van der Waals surface area contributed by atoms with Crippen LogP contribution in [0, 0.1) is 6.92 Å². The fraction of sp³-hybridized carbons (Fsp3) is 0.415. The van der Waals surface area contributed by atoms with Gasteiger partial charge in [-0.15, -0.1) is 0 Å². The summed E-state index contributed by atoms with van der Waals surface area (Å²) in [6, 6.07) is 23.5. The lowest BCUT2D eigenvalue weighted by Crippen LogP contribution is -2.50. The van der Waals surface area contributed by atoms with E-state index >= 15 is 0 Å². The minimum Gasteiger partial charge on any atom is -0.481 e. The van der Waals surface area contributed by atoms with E-state index in [-0.39, 0.29) is 45.1 Å². The Labute approximate surface area is 326 Å². The molecule has 0 aliphatic carbocycles. The predicted octanol–water partition coefficient (Wildman–Crippen LogP) is 5.99. The number of anilines is 1. The number of ether oxygens (including phenoxy) is 4. The molecule has 0 bridgehead atoms. The summed E-state index contributed by atoms with van der Waals surface area (Å²) in [4.78, 5) is 45.6. The number of carboxylic acid groups (broad SMARTS) is 1. The van der Waals surface area contributed by atoms with Crippen molar-refractivity contribution in [1.29, 1.82) is 0 Å². The van der Waals surface area contributed by atoms with Crippen molar-refractivity contribution in [2.75, 3.05) is 71.3 Å². The number of carboxylic acids is 1. The molecule has 0 spiro atoms. The standard InChI is InChI=1S/C41H51N7O8/c1-30-16-18-44-38(27-30)43-17-5-4-11-39(49)46-37(29-56-26-25-55-24-23-54-22-21-53-20-19-45-48-42)41(52)47-36(28-40(50)51)33-14-12-32(13-15-33)35-10-6-8-31-7-2-3-9-34(31)35/h2-3,6-10,12-16,18,27,36-37H,4-5,11,17,19-26,28-29H2,1H3,(H,43,44)(H,46,49)(H,47,52)(H,50,51)/t36-,37-/m0/s1. The third-order valence-electron chi connectivity index (χ3n) is 8.61. The van der Waals surface area contributed by atoms with Crippen LogP contribution < -0.4 is 16.0 Å². The molecule has 4 rings (SSSR count). The van der Waals surface area contributed by atoms with Crippen molar-refractivity contribution in [3.05, 3.63) is 107 Å². The maximum Gasteiger partial charge on any atom is 0.305 e. The zero-order valence-electron chi connectivity index (χ0n) is 31.7. The van der Waals surface area contributed by atoms with Crippen LogP contribution in [0.2, 0.25) is 0 Å². The van der Waals surface area contributed by atoms with Gasteiger partial charge >= 0.3 is 5.97 Å². The van der Waals surface area contributed by atoms with Gasteiger partial charge in [0.25, 0.3) is 0 Å². The SMILES string of the molecule is Cc1ccnc(NCCCCC(=O)N[C@@H](COCCOCCOCCOCCN=[N+]=[N-])C(=O)N[C@@H](CC(=O)O)c2ccc(-c3cccc4ccccc34)cc2)c1. The van der Waals surface area contributed by atoms with Gasteiger partial charge in [-0.2, -0.15) is 0 Å². The third-order valence-corrected chi connectivity index (χ3v) is 8.61. The van der Waals surface area contributed by atoms with Crippen LogP contribution in [-0.4, -0.2) is 99.9 Å². The van der Waals surface area contributed by atoms with Crippen LogP contribution in [0.1, 0.15) is 42.9 Å². The number of aromatic nitrogens is 1. The van der Waals surface area contributed by atoms with E-state index < -0.39 is 24.0 Å². The molecule has 0 radical (unpaired) electrons. The predicted molar refractivity (Wildman–Crippen MR) is 213 cm³/mol. The second-order valence-corrected chi connectivity index (χ2v) is 12.9. The molecule has 0 aliphatic rings. The molecule has 2 amide bonds. The Morgan fingerprint density at radius 2 is 1.54 bits per heavy atom. The summed E-state index contributed by atoms with van der Waals surface area (Å²) in [5.74, 6) is -1.21. The van der Waals surface area contributed by atoms with E-state index in [2.05, 4.69) is 37.0 Å². The van der Waals surface area contributed by atoms with E-state index in [1.54, 1.807) is 6.20 Å². The molecule has 1 heterocycles. The molecule has 0 unspecified atom stereocenters. The number of pyridine rings is 1. The summed E-state index contributed by atoms with van der Waals surface area (Å²) in [5.41, 5.74) is 12.0. The van der Waals surface area contributed by atoms with Gasteiger partial charge in [-0.25, -0.2) is 4.98 Å². The van der Waals surface area contributed by atoms with Crippen LogP contribution in [0.15, 0.2) is 90.2 Å². The van der Waals surface area contributed by atoms with Crippen LogP contribution in [0.3, 0.4) is 0 Å². The number of azide groups is 1. The van der Waals surface area contributed by atoms with Crippen molar-refractivity contribution in [1.82, 2.24) is 15.6 Å². The number of fused-ring (bicyclic) bond motifs is 1. The molecule has 4 aromatic rings. The number of nitrogens with one attached hydrogen (secondary N) is 3. The second kappa shape index (κ2) is 24.8. The van der Waals surface area contributed by atoms with Gasteiger partial charge in [0.15, 0.2) is 0 Å². The van der Waals surface area contributed by atoms with Gasteiger partial charge in [0.2, 0.25) is 11.8 Å². The van der Waals surface area contributed by atoms with Crippen molar-refractivity contribution < 1.29 is 38.4 Å². The highest BCUT2D eigenvalue weighted by atomic mass is 16.6. The first-order valence-corrected chi connectivity index (χ1v) is 18.7. The number of aliphatic carboxylic acids is 1. The molecular formula is C41H51N7O8. The Kier molecular flexibility index (Phi) is 19.1. The van der Waals surface area contributed by atoms with Crippen LogP contribution in [-0.2, 0) is 33.3 Å². The largest absolute Gasteiger partial charge is 0.481 e. The molecule has 298 valence electrons. The molecular weight excluding hydrogens is 718 g/mol. The number of hydrogen-bond acceptors (Lipinski definition) is 10. The molecule has 0 saturated heterocycles. The summed E-state index contributed by atoms with van der Waals surface area (Å²) in [5, 5.41) is 24.2. The zero-order chi connectivity index (χ0) is 39.8. The molecule has 3 aromatic carbocycles. The lowest BCUT2D eigenvalue weighted by molar-refractivity contribution is -0.138. The summed E-state index contributed by atoms with van der Waals surface area (Å²) in [6.45, 7) is 4.81. The molecule has 15 nitrogen and oxygen atoms in total. The van der Waals surface area contributed by atoms with Crippen molar-refractivity contribution in [2.45, 2.75) is 44.7 Å². The summed E-state index contributed by atoms with van der Waals surface area (Å²) < 4.78 is 22.0. The first kappa shape index (κ1) is 43.2. The maximum absolute atomic E-state index is 13.7. The first-order chi connectivity index (χ1) is 27.3. The number of unbranched alkanes of at least 4 members (excludes halogenated alkanes) is 1. The number of carbonyl (C=O) groups excluding carboxylic acids is 2. The van der Waals surface area contributed by atoms with Gasteiger partial charge in [0.05, 0.1) is 65.3 Å². The van der Waals surface area contributed by atoms with Crippen LogP contribution in [0.25, 0.3) is 32.3 Å². The highest BCUT2D eigenvalue weighted by Crippen LogP contribution is 2.30. The molecule has 1 aromatic heterocycles. The quantitative estimate of drug-likeness (QED) is 0.0241. The van der Waals surface area contributed by atoms with Crippen molar-refractivity contribution >= 4 is 34.4 Å². The van der Waals surface area contributed by atoms with Gasteiger partial charge in [0.1, 0.15) is 11.9 Å². The Morgan fingerprint density at radius 1 is 0.839 bits per heavy atom. The van der Waals surface area contributed by atoms with Crippen LogP contribution in [0.4, 0.5) is 5.82 Å².